The zero-order chi connectivity index (χ0) is 10.8. The van der Waals surface area contributed by atoms with E-state index in [2.05, 4.69) is 19.1 Å². The number of hydrogen-bond acceptors (Lipinski definition) is 2. The average Bonchev–Trinajstić information content (AvgIpc) is 2.70. The van der Waals surface area contributed by atoms with Crippen LogP contribution < -0.4 is 10.5 Å². The van der Waals surface area contributed by atoms with Gasteiger partial charge in [0.2, 0.25) is 0 Å². The van der Waals surface area contributed by atoms with Crippen molar-refractivity contribution < 1.29 is 4.74 Å². The van der Waals surface area contributed by atoms with Gasteiger partial charge < -0.3 is 10.5 Å². The summed E-state index contributed by atoms with van der Waals surface area (Å²) in [6, 6.07) is 6.41. The Kier molecular flexibility index (Phi) is 2.96. The Morgan fingerprint density at radius 3 is 2.80 bits per heavy atom. The fourth-order valence-corrected chi connectivity index (χ4v) is 2.35. The van der Waals surface area contributed by atoms with E-state index in [4.69, 9.17) is 10.5 Å². The van der Waals surface area contributed by atoms with E-state index in [1.54, 1.807) is 7.11 Å². The summed E-state index contributed by atoms with van der Waals surface area (Å²) in [6.07, 6.45) is 2.34. The van der Waals surface area contributed by atoms with E-state index < -0.39 is 0 Å². The predicted octanol–water partition coefficient (Wildman–Crippen LogP) is 2.00. The Balaban J connectivity index is 2.16. The van der Waals surface area contributed by atoms with E-state index in [-0.39, 0.29) is 0 Å². The van der Waals surface area contributed by atoms with Crippen LogP contribution >= 0.6 is 0 Å². The second-order valence-electron chi connectivity index (χ2n) is 4.52. The molecule has 0 saturated heterocycles. The Labute approximate surface area is 91.4 Å². The molecule has 2 rings (SSSR count). The maximum Gasteiger partial charge on any atom is 0.119 e. The monoisotopic (exact) mass is 205 g/mol. The van der Waals surface area contributed by atoms with Crippen molar-refractivity contribution in [3.05, 3.63) is 29.3 Å². The highest BCUT2D eigenvalue weighted by Gasteiger charge is 2.25. The lowest BCUT2D eigenvalue weighted by molar-refractivity contribution is 0.381. The molecule has 0 aromatic heterocycles. The molecule has 1 aliphatic carbocycles. The number of ether oxygens (including phenoxy) is 1. The first-order chi connectivity index (χ1) is 7.24. The molecule has 82 valence electrons. The SMILES string of the molecule is COc1ccc2c(c1)CC(C(C)CN)C2. The average molecular weight is 205 g/mol. The molecule has 2 unspecified atom stereocenters. The van der Waals surface area contributed by atoms with E-state index in [0.29, 0.717) is 5.92 Å². The Morgan fingerprint density at radius 2 is 2.13 bits per heavy atom. The van der Waals surface area contributed by atoms with Crippen LogP contribution in [-0.4, -0.2) is 13.7 Å². The molecular weight excluding hydrogens is 186 g/mol. The van der Waals surface area contributed by atoms with Crippen LogP contribution in [0.15, 0.2) is 18.2 Å². The van der Waals surface area contributed by atoms with Crippen LogP contribution in [0.1, 0.15) is 18.1 Å². The summed E-state index contributed by atoms with van der Waals surface area (Å²) in [5.74, 6) is 2.30. The van der Waals surface area contributed by atoms with Crippen molar-refractivity contribution in [1.29, 1.82) is 0 Å². The minimum absolute atomic E-state index is 0.614. The number of nitrogens with two attached hydrogens (primary N) is 1. The topological polar surface area (TPSA) is 35.2 Å². The smallest absolute Gasteiger partial charge is 0.119 e. The van der Waals surface area contributed by atoms with Crippen LogP contribution in [0.5, 0.6) is 5.75 Å². The standard InChI is InChI=1S/C13H19NO/c1-9(8-14)11-5-10-3-4-13(15-2)7-12(10)6-11/h3-4,7,9,11H,5-6,8,14H2,1-2H3. The molecule has 0 bridgehead atoms. The Hall–Kier alpha value is -1.02. The van der Waals surface area contributed by atoms with Gasteiger partial charge >= 0.3 is 0 Å². The summed E-state index contributed by atoms with van der Waals surface area (Å²) >= 11 is 0. The van der Waals surface area contributed by atoms with Crippen molar-refractivity contribution in [3.63, 3.8) is 0 Å². The van der Waals surface area contributed by atoms with E-state index in [0.717, 1.165) is 24.6 Å². The van der Waals surface area contributed by atoms with Crippen LogP contribution in [0, 0.1) is 11.8 Å². The van der Waals surface area contributed by atoms with Crippen LogP contribution in [-0.2, 0) is 12.8 Å². The number of benzene rings is 1. The molecule has 2 heteroatoms. The van der Waals surface area contributed by atoms with Crippen molar-refractivity contribution in [1.82, 2.24) is 0 Å². The van der Waals surface area contributed by atoms with Crippen LogP contribution in [0.3, 0.4) is 0 Å². The van der Waals surface area contributed by atoms with Gasteiger partial charge in [0.15, 0.2) is 0 Å². The van der Waals surface area contributed by atoms with E-state index in [9.17, 15) is 0 Å². The van der Waals surface area contributed by atoms with Crippen LogP contribution in [0.4, 0.5) is 0 Å². The molecule has 0 saturated carbocycles. The third kappa shape index (κ3) is 2.00. The van der Waals surface area contributed by atoms with Crippen molar-refractivity contribution in [2.75, 3.05) is 13.7 Å². The second-order valence-corrected chi connectivity index (χ2v) is 4.52. The fraction of sp³-hybridized carbons (Fsp3) is 0.538. The minimum Gasteiger partial charge on any atom is -0.497 e. The Bertz CT molecular complexity index is 348. The largest absolute Gasteiger partial charge is 0.497 e. The van der Waals surface area contributed by atoms with Gasteiger partial charge in [-0.3, -0.25) is 0 Å². The quantitative estimate of drug-likeness (QED) is 0.819. The Morgan fingerprint density at radius 1 is 1.40 bits per heavy atom. The highest BCUT2D eigenvalue weighted by Crippen LogP contribution is 2.33. The maximum atomic E-state index is 5.72. The highest BCUT2D eigenvalue weighted by atomic mass is 16.5. The molecule has 1 aromatic rings. The molecule has 0 radical (unpaired) electrons. The molecule has 2 nitrogen and oxygen atoms in total. The summed E-state index contributed by atoms with van der Waals surface area (Å²) in [5.41, 5.74) is 8.64. The molecule has 1 aliphatic rings. The maximum absolute atomic E-state index is 5.72. The first-order valence-electron chi connectivity index (χ1n) is 5.60. The zero-order valence-corrected chi connectivity index (χ0v) is 9.49. The highest BCUT2D eigenvalue weighted by molar-refractivity contribution is 5.39. The van der Waals surface area contributed by atoms with Crippen LogP contribution in [0.2, 0.25) is 0 Å². The van der Waals surface area contributed by atoms with Gasteiger partial charge in [-0.05, 0) is 54.5 Å². The molecule has 2 N–H and O–H groups in total. The zero-order valence-electron chi connectivity index (χ0n) is 9.49. The van der Waals surface area contributed by atoms with E-state index in [1.807, 2.05) is 6.07 Å². The summed E-state index contributed by atoms with van der Waals surface area (Å²) in [7, 11) is 1.72. The molecule has 1 aromatic carbocycles. The molecule has 0 amide bonds. The number of hydrogen-bond donors (Lipinski definition) is 1. The minimum atomic E-state index is 0.614. The summed E-state index contributed by atoms with van der Waals surface area (Å²) in [4.78, 5) is 0. The van der Waals surface area contributed by atoms with Crippen LogP contribution in [0.25, 0.3) is 0 Å². The number of methoxy groups -OCH3 is 1. The van der Waals surface area contributed by atoms with Gasteiger partial charge in [0.1, 0.15) is 5.75 Å². The number of rotatable bonds is 3. The molecular formula is C13H19NO. The van der Waals surface area contributed by atoms with Gasteiger partial charge in [-0.25, -0.2) is 0 Å². The molecule has 0 heterocycles. The molecule has 0 aliphatic heterocycles. The van der Waals surface area contributed by atoms with Crippen molar-refractivity contribution in [2.24, 2.45) is 17.6 Å². The van der Waals surface area contributed by atoms with Crippen molar-refractivity contribution in [2.45, 2.75) is 19.8 Å². The molecule has 15 heavy (non-hydrogen) atoms. The van der Waals surface area contributed by atoms with Gasteiger partial charge in [-0.1, -0.05) is 13.0 Å². The lowest BCUT2D eigenvalue weighted by Crippen LogP contribution is -2.20. The van der Waals surface area contributed by atoms with Gasteiger partial charge in [-0.2, -0.15) is 0 Å². The van der Waals surface area contributed by atoms with Gasteiger partial charge in [0, 0.05) is 0 Å². The third-order valence-electron chi connectivity index (χ3n) is 3.55. The first kappa shape index (κ1) is 10.5. The van der Waals surface area contributed by atoms with Gasteiger partial charge in [0.25, 0.3) is 0 Å². The molecule has 0 fully saturated rings. The molecule has 0 spiro atoms. The van der Waals surface area contributed by atoms with Crippen molar-refractivity contribution in [3.8, 4) is 5.75 Å². The van der Waals surface area contributed by atoms with E-state index >= 15 is 0 Å². The predicted molar refractivity (Wildman–Crippen MR) is 62.1 cm³/mol. The lowest BCUT2D eigenvalue weighted by Gasteiger charge is -2.15. The second kappa shape index (κ2) is 4.23. The summed E-state index contributed by atoms with van der Waals surface area (Å²) < 4.78 is 5.24. The first-order valence-corrected chi connectivity index (χ1v) is 5.60. The van der Waals surface area contributed by atoms with Gasteiger partial charge in [0.05, 0.1) is 7.11 Å². The summed E-state index contributed by atoms with van der Waals surface area (Å²) in [5, 5.41) is 0. The third-order valence-corrected chi connectivity index (χ3v) is 3.55. The van der Waals surface area contributed by atoms with Crippen molar-refractivity contribution >= 4 is 0 Å². The fourth-order valence-electron chi connectivity index (χ4n) is 2.35. The van der Waals surface area contributed by atoms with E-state index in [1.165, 1.54) is 17.5 Å². The van der Waals surface area contributed by atoms with Gasteiger partial charge in [-0.15, -0.1) is 0 Å². The molecule has 2 atom stereocenters. The number of fused-ring (bicyclic) bond motifs is 1. The normalized spacial score (nSPS) is 21.1. The summed E-state index contributed by atoms with van der Waals surface area (Å²) in [6.45, 7) is 3.03. The lowest BCUT2D eigenvalue weighted by atomic mass is 9.91.